The second-order valence-corrected chi connectivity index (χ2v) is 15.8. The standard InChI is InChI=1S/C60H43N3/c1-6-18-44(19-7-1)46-30-35-53(36-31-46)61(50-22-10-3-11-23-50)55-40-49(48-34-39-58-57-28-16-17-29-59(57)63(60(58)42-48)52-26-14-5-15-27-52)41-56(43-55)62(51-24-12-4-13-25-51)54-37-32-47(33-38-54)45-20-8-2-9-21-45/h1-43H. The van der Waals surface area contributed by atoms with Crippen molar-refractivity contribution in [3.8, 4) is 39.1 Å². The van der Waals surface area contributed by atoms with Gasteiger partial charge in [0.1, 0.15) is 0 Å². The van der Waals surface area contributed by atoms with Crippen molar-refractivity contribution in [2.24, 2.45) is 0 Å². The van der Waals surface area contributed by atoms with E-state index in [1.54, 1.807) is 0 Å². The van der Waals surface area contributed by atoms with E-state index in [0.29, 0.717) is 0 Å². The first kappa shape index (κ1) is 37.6. The van der Waals surface area contributed by atoms with Crippen LogP contribution in [0, 0.1) is 0 Å². The molecule has 3 nitrogen and oxygen atoms in total. The maximum absolute atomic E-state index is 2.40. The predicted molar refractivity (Wildman–Crippen MR) is 266 cm³/mol. The summed E-state index contributed by atoms with van der Waals surface area (Å²) in [4.78, 5) is 4.76. The van der Waals surface area contributed by atoms with Gasteiger partial charge in [0.05, 0.1) is 11.0 Å². The van der Waals surface area contributed by atoms with Crippen LogP contribution in [0.3, 0.4) is 0 Å². The molecule has 0 bridgehead atoms. The van der Waals surface area contributed by atoms with Crippen LogP contribution in [0.25, 0.3) is 60.9 Å². The topological polar surface area (TPSA) is 11.4 Å². The van der Waals surface area contributed by atoms with E-state index >= 15 is 0 Å². The third kappa shape index (κ3) is 7.32. The lowest BCUT2D eigenvalue weighted by Gasteiger charge is -2.30. The van der Waals surface area contributed by atoms with E-state index < -0.39 is 0 Å². The van der Waals surface area contributed by atoms with Crippen molar-refractivity contribution in [2.75, 3.05) is 9.80 Å². The van der Waals surface area contributed by atoms with Crippen LogP contribution in [0.5, 0.6) is 0 Å². The number of hydrogen-bond acceptors (Lipinski definition) is 2. The average molecular weight is 806 g/mol. The fourth-order valence-electron chi connectivity index (χ4n) is 8.94. The van der Waals surface area contributed by atoms with Crippen LogP contribution < -0.4 is 9.80 Å². The number of fused-ring (bicyclic) bond motifs is 3. The van der Waals surface area contributed by atoms with E-state index in [1.165, 1.54) is 44.1 Å². The summed E-state index contributed by atoms with van der Waals surface area (Å²) in [7, 11) is 0. The Labute approximate surface area is 368 Å². The second-order valence-electron chi connectivity index (χ2n) is 15.8. The fourth-order valence-corrected chi connectivity index (χ4v) is 8.94. The van der Waals surface area contributed by atoms with E-state index in [4.69, 9.17) is 0 Å². The zero-order valence-corrected chi connectivity index (χ0v) is 34.7. The molecule has 11 aromatic rings. The molecule has 0 aliphatic heterocycles. The van der Waals surface area contributed by atoms with Crippen LogP contribution in [0.4, 0.5) is 34.1 Å². The monoisotopic (exact) mass is 805 g/mol. The highest BCUT2D eigenvalue weighted by molar-refractivity contribution is 6.10. The minimum Gasteiger partial charge on any atom is -0.310 e. The summed E-state index contributed by atoms with van der Waals surface area (Å²) in [6.45, 7) is 0. The summed E-state index contributed by atoms with van der Waals surface area (Å²) in [6.07, 6.45) is 0. The number of anilines is 6. The summed E-state index contributed by atoms with van der Waals surface area (Å²) in [5.41, 5.74) is 16.9. The van der Waals surface area contributed by atoms with Crippen LogP contribution in [0.2, 0.25) is 0 Å². The van der Waals surface area contributed by atoms with Crippen molar-refractivity contribution in [1.82, 2.24) is 4.57 Å². The van der Waals surface area contributed by atoms with E-state index in [0.717, 1.165) is 50.9 Å². The van der Waals surface area contributed by atoms with Gasteiger partial charge in [-0.05, 0) is 124 Å². The van der Waals surface area contributed by atoms with E-state index in [9.17, 15) is 0 Å². The molecule has 0 fully saturated rings. The molecule has 11 rings (SSSR count). The van der Waals surface area contributed by atoms with Crippen molar-refractivity contribution in [2.45, 2.75) is 0 Å². The zero-order chi connectivity index (χ0) is 42.0. The predicted octanol–water partition coefficient (Wildman–Crippen LogP) is 16.7. The SMILES string of the molecule is c1ccc(-c2ccc(N(c3ccccc3)c3cc(-c4ccc5c6ccccc6n(-c6ccccc6)c5c4)cc(N(c4ccccc4)c4ccc(-c5ccccc5)cc4)c3)cc2)cc1. The summed E-state index contributed by atoms with van der Waals surface area (Å²) < 4.78 is 2.40. The molecule has 1 aromatic heterocycles. The van der Waals surface area contributed by atoms with Gasteiger partial charge in [0.15, 0.2) is 0 Å². The number of rotatable bonds is 10. The molecular formula is C60H43N3. The molecule has 0 amide bonds. The van der Waals surface area contributed by atoms with Crippen LogP contribution in [-0.4, -0.2) is 4.57 Å². The molecule has 0 aliphatic carbocycles. The third-order valence-corrected chi connectivity index (χ3v) is 11.9. The average Bonchev–Trinajstić information content (AvgIpc) is 3.70. The molecule has 0 radical (unpaired) electrons. The summed E-state index contributed by atoms with van der Waals surface area (Å²) in [5, 5.41) is 2.46. The van der Waals surface area contributed by atoms with Gasteiger partial charge in [-0.25, -0.2) is 0 Å². The fraction of sp³-hybridized carbons (Fsp3) is 0. The van der Waals surface area contributed by atoms with E-state index in [-0.39, 0.29) is 0 Å². The molecule has 0 atom stereocenters. The number of aromatic nitrogens is 1. The van der Waals surface area contributed by atoms with Crippen molar-refractivity contribution in [1.29, 1.82) is 0 Å². The summed E-state index contributed by atoms with van der Waals surface area (Å²) in [5.74, 6) is 0. The third-order valence-electron chi connectivity index (χ3n) is 11.9. The lowest BCUT2D eigenvalue weighted by molar-refractivity contribution is 1.18. The highest BCUT2D eigenvalue weighted by Crippen LogP contribution is 2.45. The van der Waals surface area contributed by atoms with Gasteiger partial charge in [0.25, 0.3) is 0 Å². The largest absolute Gasteiger partial charge is 0.310 e. The van der Waals surface area contributed by atoms with Gasteiger partial charge in [-0.2, -0.15) is 0 Å². The molecular weight excluding hydrogens is 763 g/mol. The minimum atomic E-state index is 1.05. The van der Waals surface area contributed by atoms with Crippen molar-refractivity contribution >= 4 is 55.9 Å². The molecule has 0 saturated carbocycles. The highest BCUT2D eigenvalue weighted by Gasteiger charge is 2.21. The van der Waals surface area contributed by atoms with Gasteiger partial charge in [-0.1, -0.05) is 170 Å². The smallest absolute Gasteiger partial charge is 0.0547 e. The van der Waals surface area contributed by atoms with Gasteiger partial charge in [-0.3, -0.25) is 0 Å². The van der Waals surface area contributed by atoms with Crippen LogP contribution in [0.15, 0.2) is 261 Å². The molecule has 0 aliphatic rings. The quantitative estimate of drug-likeness (QED) is 0.136. The maximum atomic E-state index is 2.40. The van der Waals surface area contributed by atoms with Crippen molar-refractivity contribution in [3.63, 3.8) is 0 Å². The second kappa shape index (κ2) is 16.6. The Morgan fingerprint density at radius 1 is 0.222 bits per heavy atom. The molecule has 0 spiro atoms. The Hall–Kier alpha value is -8.40. The highest BCUT2D eigenvalue weighted by atomic mass is 15.2. The van der Waals surface area contributed by atoms with Gasteiger partial charge in [0, 0.05) is 50.6 Å². The number of nitrogens with zero attached hydrogens (tertiary/aromatic N) is 3. The van der Waals surface area contributed by atoms with Gasteiger partial charge >= 0.3 is 0 Å². The van der Waals surface area contributed by atoms with Crippen molar-refractivity contribution in [3.05, 3.63) is 261 Å². The Morgan fingerprint density at radius 3 is 1.11 bits per heavy atom. The Balaban J connectivity index is 1.14. The van der Waals surface area contributed by atoms with Crippen molar-refractivity contribution < 1.29 is 0 Å². The molecule has 0 N–H and O–H groups in total. The Kier molecular flexibility index (Phi) is 9.89. The number of para-hydroxylation sites is 4. The minimum absolute atomic E-state index is 1.05. The maximum Gasteiger partial charge on any atom is 0.0547 e. The molecule has 298 valence electrons. The lowest BCUT2D eigenvalue weighted by Crippen LogP contribution is -2.13. The lowest BCUT2D eigenvalue weighted by atomic mass is 10.00. The van der Waals surface area contributed by atoms with Gasteiger partial charge in [-0.15, -0.1) is 0 Å². The molecule has 0 unspecified atom stereocenters. The summed E-state index contributed by atoms with van der Waals surface area (Å²) >= 11 is 0. The first-order valence-corrected chi connectivity index (χ1v) is 21.5. The first-order chi connectivity index (χ1) is 31.2. The molecule has 0 saturated heterocycles. The van der Waals surface area contributed by atoms with Crippen LogP contribution in [-0.2, 0) is 0 Å². The van der Waals surface area contributed by atoms with Gasteiger partial charge < -0.3 is 14.4 Å². The molecule has 3 heteroatoms. The summed E-state index contributed by atoms with van der Waals surface area (Å²) in [6, 6.07) is 93.9. The Bertz CT molecular complexity index is 3150. The molecule has 1 heterocycles. The Morgan fingerprint density at radius 2 is 0.603 bits per heavy atom. The molecule has 63 heavy (non-hydrogen) atoms. The van der Waals surface area contributed by atoms with Crippen LogP contribution in [0.1, 0.15) is 0 Å². The first-order valence-electron chi connectivity index (χ1n) is 21.5. The molecule has 10 aromatic carbocycles. The van der Waals surface area contributed by atoms with E-state index in [1.807, 2.05) is 0 Å². The number of hydrogen-bond donors (Lipinski definition) is 0. The van der Waals surface area contributed by atoms with Gasteiger partial charge in [0.2, 0.25) is 0 Å². The zero-order valence-electron chi connectivity index (χ0n) is 34.7. The normalized spacial score (nSPS) is 11.2. The number of benzene rings is 10. The van der Waals surface area contributed by atoms with E-state index in [2.05, 4.69) is 275 Å². The van der Waals surface area contributed by atoms with Crippen LogP contribution >= 0.6 is 0 Å².